The van der Waals surface area contributed by atoms with Crippen molar-refractivity contribution < 1.29 is 9.21 Å². The second-order valence-electron chi connectivity index (χ2n) is 4.00. The molecular formula is C13H11N3O2. The van der Waals surface area contributed by atoms with Crippen LogP contribution in [0.15, 0.2) is 41.1 Å². The van der Waals surface area contributed by atoms with Crippen LogP contribution in [-0.4, -0.2) is 15.9 Å². The fraction of sp³-hybridized carbons (Fsp3) is 0.0769. The lowest BCUT2D eigenvalue weighted by Crippen LogP contribution is -2.11. The highest BCUT2D eigenvalue weighted by Gasteiger charge is 2.13. The van der Waals surface area contributed by atoms with Gasteiger partial charge in [-0.3, -0.25) is 10.1 Å². The van der Waals surface area contributed by atoms with Crippen LogP contribution in [0, 0.1) is 6.92 Å². The van der Waals surface area contributed by atoms with Gasteiger partial charge in [0.2, 0.25) is 0 Å². The van der Waals surface area contributed by atoms with Gasteiger partial charge in [-0.15, -0.1) is 0 Å². The lowest BCUT2D eigenvalue weighted by Gasteiger charge is -1.98. The van der Waals surface area contributed by atoms with Crippen LogP contribution in [0.3, 0.4) is 0 Å². The molecule has 0 aliphatic carbocycles. The molecule has 0 aliphatic heterocycles. The average Bonchev–Trinajstić information content (AvgIpc) is 2.95. The van der Waals surface area contributed by atoms with Crippen molar-refractivity contribution in [3.05, 3.63) is 48.0 Å². The number of para-hydroxylation sites is 1. The molecule has 0 atom stereocenters. The maximum atomic E-state index is 12.1. The molecule has 0 spiro atoms. The highest BCUT2D eigenvalue weighted by molar-refractivity contribution is 6.12. The quantitative estimate of drug-likeness (QED) is 0.724. The Kier molecular flexibility index (Phi) is 2.37. The number of H-pyrrole nitrogens is 1. The van der Waals surface area contributed by atoms with E-state index >= 15 is 0 Å². The van der Waals surface area contributed by atoms with Crippen LogP contribution in [0.25, 0.3) is 10.9 Å². The molecule has 2 aromatic heterocycles. The Hall–Kier alpha value is -2.56. The molecule has 0 bridgehead atoms. The van der Waals surface area contributed by atoms with Gasteiger partial charge in [-0.05, 0) is 13.0 Å². The highest BCUT2D eigenvalue weighted by atomic mass is 16.4. The topological polar surface area (TPSA) is 70.9 Å². The molecule has 90 valence electrons. The predicted octanol–water partition coefficient (Wildman–Crippen LogP) is 2.72. The second kappa shape index (κ2) is 4.03. The number of benzene rings is 1. The molecule has 0 saturated carbocycles. The Morgan fingerprint density at radius 1 is 1.39 bits per heavy atom. The maximum absolute atomic E-state index is 12.1. The molecule has 1 aromatic carbocycles. The van der Waals surface area contributed by atoms with Gasteiger partial charge in [0.15, 0.2) is 0 Å². The number of aryl methyl sites for hydroxylation is 1. The number of nitrogens with one attached hydrogen (secondary N) is 2. The monoisotopic (exact) mass is 241 g/mol. The van der Waals surface area contributed by atoms with Gasteiger partial charge in [-0.2, -0.15) is 4.98 Å². The number of amides is 1. The highest BCUT2D eigenvalue weighted by Crippen LogP contribution is 2.18. The van der Waals surface area contributed by atoms with Crippen molar-refractivity contribution in [1.82, 2.24) is 9.97 Å². The summed E-state index contributed by atoms with van der Waals surface area (Å²) in [5, 5.41) is 3.49. The van der Waals surface area contributed by atoms with E-state index in [-0.39, 0.29) is 11.9 Å². The van der Waals surface area contributed by atoms with Gasteiger partial charge in [-0.1, -0.05) is 18.2 Å². The smallest absolute Gasteiger partial charge is 0.301 e. The van der Waals surface area contributed by atoms with Crippen LogP contribution in [0.2, 0.25) is 0 Å². The number of fused-ring (bicyclic) bond motifs is 1. The number of anilines is 1. The SMILES string of the molecule is Cc1coc(NC(=O)c2c[nH]c3ccccc23)n1. The van der Waals surface area contributed by atoms with E-state index in [0.717, 1.165) is 16.6 Å². The summed E-state index contributed by atoms with van der Waals surface area (Å²) in [5.41, 5.74) is 2.22. The lowest BCUT2D eigenvalue weighted by atomic mass is 10.2. The lowest BCUT2D eigenvalue weighted by molar-refractivity contribution is 0.102. The van der Waals surface area contributed by atoms with Gasteiger partial charge < -0.3 is 9.40 Å². The summed E-state index contributed by atoms with van der Waals surface area (Å²) in [4.78, 5) is 19.1. The summed E-state index contributed by atoms with van der Waals surface area (Å²) in [7, 11) is 0. The Morgan fingerprint density at radius 2 is 2.22 bits per heavy atom. The zero-order chi connectivity index (χ0) is 12.5. The number of aromatic nitrogens is 2. The molecule has 0 saturated heterocycles. The summed E-state index contributed by atoms with van der Waals surface area (Å²) in [5.74, 6) is -0.241. The van der Waals surface area contributed by atoms with E-state index in [1.165, 1.54) is 6.26 Å². The van der Waals surface area contributed by atoms with E-state index in [0.29, 0.717) is 5.56 Å². The molecular weight excluding hydrogens is 230 g/mol. The number of carbonyl (C=O) groups excluding carboxylic acids is 1. The van der Waals surface area contributed by atoms with Crippen LogP contribution in [0.4, 0.5) is 6.01 Å². The van der Waals surface area contributed by atoms with Crippen molar-refractivity contribution in [3.63, 3.8) is 0 Å². The van der Waals surface area contributed by atoms with Gasteiger partial charge in [0, 0.05) is 17.1 Å². The van der Waals surface area contributed by atoms with Gasteiger partial charge >= 0.3 is 6.01 Å². The Morgan fingerprint density at radius 3 is 3.00 bits per heavy atom. The number of hydrogen-bond donors (Lipinski definition) is 2. The summed E-state index contributed by atoms with van der Waals surface area (Å²) < 4.78 is 5.09. The van der Waals surface area contributed by atoms with Crippen LogP contribution >= 0.6 is 0 Å². The molecule has 18 heavy (non-hydrogen) atoms. The number of rotatable bonds is 2. The minimum atomic E-state index is -0.241. The Balaban J connectivity index is 1.92. The number of aromatic amines is 1. The summed E-state index contributed by atoms with van der Waals surface area (Å²) in [6.45, 7) is 1.80. The van der Waals surface area contributed by atoms with Gasteiger partial charge in [0.25, 0.3) is 5.91 Å². The molecule has 0 fully saturated rings. The third kappa shape index (κ3) is 1.75. The van der Waals surface area contributed by atoms with Crippen molar-refractivity contribution >= 4 is 22.8 Å². The van der Waals surface area contributed by atoms with E-state index in [2.05, 4.69) is 15.3 Å². The molecule has 3 aromatic rings. The van der Waals surface area contributed by atoms with Crippen molar-refractivity contribution in [3.8, 4) is 0 Å². The first kappa shape index (κ1) is 10.6. The first-order valence-corrected chi connectivity index (χ1v) is 5.53. The maximum Gasteiger partial charge on any atom is 0.301 e. The summed E-state index contributed by atoms with van der Waals surface area (Å²) in [6.07, 6.45) is 3.17. The van der Waals surface area contributed by atoms with Crippen LogP contribution in [0.1, 0.15) is 16.1 Å². The molecule has 0 unspecified atom stereocenters. The third-order valence-corrected chi connectivity index (χ3v) is 2.67. The van der Waals surface area contributed by atoms with Crippen LogP contribution in [0.5, 0.6) is 0 Å². The molecule has 0 radical (unpaired) electrons. The normalized spacial score (nSPS) is 10.7. The standard InChI is InChI=1S/C13H11N3O2/c1-8-7-18-13(15-8)16-12(17)10-6-14-11-5-3-2-4-9(10)11/h2-7,14H,1H3,(H,15,16,17). The van der Waals surface area contributed by atoms with Crippen molar-refractivity contribution in [2.75, 3.05) is 5.32 Å². The van der Waals surface area contributed by atoms with E-state index < -0.39 is 0 Å². The fourth-order valence-corrected chi connectivity index (χ4v) is 1.84. The number of hydrogen-bond acceptors (Lipinski definition) is 3. The zero-order valence-electron chi connectivity index (χ0n) is 9.73. The fourth-order valence-electron chi connectivity index (χ4n) is 1.84. The van der Waals surface area contributed by atoms with Crippen molar-refractivity contribution in [2.24, 2.45) is 0 Å². The first-order chi connectivity index (χ1) is 8.74. The van der Waals surface area contributed by atoms with E-state index in [9.17, 15) is 4.79 Å². The Bertz CT molecular complexity index is 712. The third-order valence-electron chi connectivity index (χ3n) is 2.67. The van der Waals surface area contributed by atoms with E-state index in [1.54, 1.807) is 13.1 Å². The number of nitrogens with zero attached hydrogens (tertiary/aromatic N) is 1. The number of carbonyl (C=O) groups is 1. The largest absolute Gasteiger partial charge is 0.432 e. The van der Waals surface area contributed by atoms with Crippen LogP contribution < -0.4 is 5.32 Å². The Labute approximate surface area is 103 Å². The minimum absolute atomic E-state index is 0.211. The molecule has 2 heterocycles. The van der Waals surface area contributed by atoms with Crippen molar-refractivity contribution in [1.29, 1.82) is 0 Å². The molecule has 2 N–H and O–H groups in total. The minimum Gasteiger partial charge on any atom is -0.432 e. The summed E-state index contributed by atoms with van der Waals surface area (Å²) in [6, 6.07) is 7.83. The van der Waals surface area contributed by atoms with Gasteiger partial charge in [0.05, 0.1) is 11.3 Å². The van der Waals surface area contributed by atoms with Gasteiger partial charge in [-0.25, -0.2) is 0 Å². The molecule has 5 nitrogen and oxygen atoms in total. The molecule has 3 rings (SSSR count). The number of oxazole rings is 1. The second-order valence-corrected chi connectivity index (χ2v) is 4.00. The van der Waals surface area contributed by atoms with Crippen LogP contribution in [-0.2, 0) is 0 Å². The molecule has 0 aliphatic rings. The molecule has 5 heteroatoms. The van der Waals surface area contributed by atoms with Gasteiger partial charge in [0.1, 0.15) is 6.26 Å². The predicted molar refractivity (Wildman–Crippen MR) is 67.5 cm³/mol. The zero-order valence-corrected chi connectivity index (χ0v) is 9.73. The molecule has 1 amide bonds. The van der Waals surface area contributed by atoms with E-state index in [4.69, 9.17) is 4.42 Å². The van der Waals surface area contributed by atoms with Crippen molar-refractivity contribution in [2.45, 2.75) is 6.92 Å². The van der Waals surface area contributed by atoms with E-state index in [1.807, 2.05) is 24.3 Å². The summed E-state index contributed by atoms with van der Waals surface area (Å²) >= 11 is 0. The first-order valence-electron chi connectivity index (χ1n) is 5.53. The average molecular weight is 241 g/mol.